The first-order valence-corrected chi connectivity index (χ1v) is 7.36. The van der Waals surface area contributed by atoms with Gasteiger partial charge in [0.1, 0.15) is 0 Å². The van der Waals surface area contributed by atoms with Crippen molar-refractivity contribution in [3.05, 3.63) is 35.9 Å². The molecule has 0 amide bonds. The van der Waals surface area contributed by atoms with Crippen molar-refractivity contribution in [3.8, 4) is 5.75 Å². The largest absolute Gasteiger partial charge is 0.491 e. The lowest BCUT2D eigenvalue weighted by Crippen LogP contribution is -2.32. The van der Waals surface area contributed by atoms with E-state index in [1.807, 2.05) is 6.92 Å². The van der Waals surface area contributed by atoms with Crippen LogP contribution < -0.4 is 10.2 Å². The van der Waals surface area contributed by atoms with Crippen molar-refractivity contribution < 1.29 is 28.0 Å². The zero-order chi connectivity index (χ0) is 16.6. The average Bonchev–Trinajstić information content (AvgIpc) is 2.90. The van der Waals surface area contributed by atoms with E-state index in [0.29, 0.717) is 17.4 Å². The number of ether oxygens (including phenoxy) is 1. The first kappa shape index (κ1) is 15.8. The Morgan fingerprint density at radius 2 is 1.70 bits per heavy atom. The molecule has 4 nitrogen and oxygen atoms in total. The van der Waals surface area contributed by atoms with Gasteiger partial charge < -0.3 is 19.2 Å². The minimum atomic E-state index is -1.97. The molecule has 3 aromatic rings. The third kappa shape index (κ3) is 2.66. The Bertz CT molecular complexity index is 860. The summed E-state index contributed by atoms with van der Waals surface area (Å²) in [5, 5.41) is 19.0. The molecule has 0 unspecified atom stereocenters. The van der Waals surface area contributed by atoms with Crippen molar-refractivity contribution in [3.63, 3.8) is 0 Å². The molecule has 3 rings (SSSR count). The van der Waals surface area contributed by atoms with Crippen molar-refractivity contribution in [2.75, 3.05) is 6.61 Å². The number of rotatable bonds is 5. The van der Waals surface area contributed by atoms with E-state index in [1.165, 1.54) is 18.2 Å². The van der Waals surface area contributed by atoms with Crippen molar-refractivity contribution in [1.82, 2.24) is 0 Å². The lowest BCUT2D eigenvalue weighted by molar-refractivity contribution is 0.294. The Labute approximate surface area is 131 Å². The summed E-state index contributed by atoms with van der Waals surface area (Å²) in [6.45, 7) is 2.38. The van der Waals surface area contributed by atoms with E-state index < -0.39 is 18.8 Å². The number of fused-ring (bicyclic) bond motifs is 3. The molecule has 0 atom stereocenters. The second-order valence-electron chi connectivity index (χ2n) is 5.28. The molecule has 1 heterocycles. The lowest BCUT2D eigenvalue weighted by atomic mass is 9.79. The minimum absolute atomic E-state index is 0.0489. The molecule has 0 saturated carbocycles. The summed E-state index contributed by atoms with van der Waals surface area (Å²) >= 11 is 0. The van der Waals surface area contributed by atoms with Crippen LogP contribution in [0, 0.1) is 11.6 Å². The van der Waals surface area contributed by atoms with Gasteiger partial charge in [0.15, 0.2) is 22.7 Å². The van der Waals surface area contributed by atoms with Crippen LogP contribution in [0.1, 0.15) is 19.8 Å². The Morgan fingerprint density at radius 3 is 2.35 bits per heavy atom. The van der Waals surface area contributed by atoms with Gasteiger partial charge in [0, 0.05) is 16.2 Å². The molecule has 0 spiro atoms. The van der Waals surface area contributed by atoms with Gasteiger partial charge in [-0.05, 0) is 18.6 Å². The standard InChI is InChI=1S/C16H15BF2O4/c1-2-3-8-22-12-7-5-10-9-4-6-11(17(20)21)13(18)15(9)23-16(10)14(12)19/h4-7,20-21H,2-3,8H2,1H3. The molecule has 2 N–H and O–H groups in total. The Balaban J connectivity index is 2.15. The summed E-state index contributed by atoms with van der Waals surface area (Å²) < 4.78 is 39.4. The molecule has 0 saturated heterocycles. The minimum Gasteiger partial charge on any atom is -0.490 e. The van der Waals surface area contributed by atoms with E-state index in [1.54, 1.807) is 6.07 Å². The van der Waals surface area contributed by atoms with Crippen molar-refractivity contribution in [2.45, 2.75) is 19.8 Å². The van der Waals surface area contributed by atoms with Crippen LogP contribution in [0.25, 0.3) is 21.9 Å². The lowest BCUT2D eigenvalue weighted by Gasteiger charge is -2.06. The van der Waals surface area contributed by atoms with Crippen LogP contribution in [-0.4, -0.2) is 23.8 Å². The molecule has 120 valence electrons. The molecule has 0 aliphatic carbocycles. The van der Waals surface area contributed by atoms with Gasteiger partial charge >= 0.3 is 7.12 Å². The van der Waals surface area contributed by atoms with Gasteiger partial charge in [0.2, 0.25) is 5.82 Å². The van der Waals surface area contributed by atoms with Crippen molar-refractivity contribution in [1.29, 1.82) is 0 Å². The smallest absolute Gasteiger partial charge is 0.490 e. The van der Waals surface area contributed by atoms with E-state index in [4.69, 9.17) is 19.2 Å². The SMILES string of the molecule is CCCCOc1ccc2c(oc3c(F)c(B(O)O)ccc32)c1F. The van der Waals surface area contributed by atoms with Crippen LogP contribution in [0.3, 0.4) is 0 Å². The van der Waals surface area contributed by atoms with Gasteiger partial charge in [-0.15, -0.1) is 0 Å². The highest BCUT2D eigenvalue weighted by atomic mass is 19.1. The molecule has 0 fully saturated rings. The first-order chi connectivity index (χ1) is 11.0. The molecule has 1 aromatic heterocycles. The monoisotopic (exact) mass is 320 g/mol. The van der Waals surface area contributed by atoms with Gasteiger partial charge in [-0.3, -0.25) is 0 Å². The Morgan fingerprint density at radius 1 is 1.04 bits per heavy atom. The summed E-state index contributed by atoms with van der Waals surface area (Å²) in [6, 6.07) is 5.78. The van der Waals surface area contributed by atoms with Crippen molar-refractivity contribution in [2.24, 2.45) is 0 Å². The highest BCUT2D eigenvalue weighted by molar-refractivity contribution is 6.59. The number of unbranched alkanes of at least 4 members (excludes halogenated alkanes) is 1. The maximum absolute atomic E-state index is 14.5. The highest BCUT2D eigenvalue weighted by Gasteiger charge is 2.23. The third-order valence-corrected chi connectivity index (χ3v) is 3.72. The predicted octanol–water partition coefficient (Wildman–Crippen LogP) is 2.72. The third-order valence-electron chi connectivity index (χ3n) is 3.72. The molecule has 2 aromatic carbocycles. The average molecular weight is 320 g/mol. The summed E-state index contributed by atoms with van der Waals surface area (Å²) in [6.07, 6.45) is 1.72. The van der Waals surface area contributed by atoms with Crippen molar-refractivity contribution >= 4 is 34.5 Å². The topological polar surface area (TPSA) is 62.8 Å². The maximum atomic E-state index is 14.5. The molecule has 0 radical (unpaired) electrons. The van der Waals surface area contributed by atoms with Gasteiger partial charge in [0.05, 0.1) is 6.61 Å². The number of furan rings is 1. The van der Waals surface area contributed by atoms with Gasteiger partial charge in [-0.1, -0.05) is 25.5 Å². The summed E-state index contributed by atoms with van der Waals surface area (Å²) in [7, 11) is -1.97. The van der Waals surface area contributed by atoms with Crippen LogP contribution >= 0.6 is 0 Å². The fourth-order valence-electron chi connectivity index (χ4n) is 2.47. The molecular formula is C16H15BF2O4. The van der Waals surface area contributed by atoms with Crippen LogP contribution in [0.4, 0.5) is 8.78 Å². The number of hydrogen-bond acceptors (Lipinski definition) is 4. The second-order valence-corrected chi connectivity index (χ2v) is 5.28. The normalized spacial score (nSPS) is 11.3. The number of halogens is 2. The van der Waals surface area contributed by atoms with E-state index in [9.17, 15) is 8.78 Å². The van der Waals surface area contributed by atoms with Gasteiger partial charge in [0.25, 0.3) is 0 Å². The summed E-state index contributed by atoms with van der Waals surface area (Å²) in [5.41, 5.74) is -0.649. The van der Waals surface area contributed by atoms with E-state index >= 15 is 0 Å². The van der Waals surface area contributed by atoms with E-state index in [-0.39, 0.29) is 22.4 Å². The highest BCUT2D eigenvalue weighted by Crippen LogP contribution is 2.35. The Kier molecular flexibility index (Phi) is 4.23. The Hall–Kier alpha value is -2.12. The fourth-order valence-corrected chi connectivity index (χ4v) is 2.47. The second kappa shape index (κ2) is 6.18. The molecule has 0 bridgehead atoms. The molecule has 0 aliphatic rings. The van der Waals surface area contributed by atoms with Crippen LogP contribution in [-0.2, 0) is 0 Å². The zero-order valence-corrected chi connectivity index (χ0v) is 12.5. The number of benzene rings is 2. The predicted molar refractivity (Wildman–Crippen MR) is 83.9 cm³/mol. The van der Waals surface area contributed by atoms with E-state index in [2.05, 4.69) is 0 Å². The fraction of sp³-hybridized carbons (Fsp3) is 0.250. The zero-order valence-electron chi connectivity index (χ0n) is 12.5. The molecular weight excluding hydrogens is 305 g/mol. The van der Waals surface area contributed by atoms with Crippen LogP contribution in [0.15, 0.2) is 28.7 Å². The van der Waals surface area contributed by atoms with Gasteiger partial charge in [-0.25, -0.2) is 4.39 Å². The summed E-state index contributed by atoms with van der Waals surface area (Å²) in [5.74, 6) is -1.56. The first-order valence-electron chi connectivity index (χ1n) is 7.36. The maximum Gasteiger partial charge on any atom is 0.491 e. The van der Waals surface area contributed by atoms with Crippen LogP contribution in [0.2, 0.25) is 0 Å². The quantitative estimate of drug-likeness (QED) is 0.560. The summed E-state index contributed by atoms with van der Waals surface area (Å²) in [4.78, 5) is 0. The van der Waals surface area contributed by atoms with Crippen LogP contribution in [0.5, 0.6) is 5.75 Å². The molecule has 23 heavy (non-hydrogen) atoms. The molecule has 0 aliphatic heterocycles. The number of hydrogen-bond donors (Lipinski definition) is 2. The van der Waals surface area contributed by atoms with Gasteiger partial charge in [-0.2, -0.15) is 4.39 Å². The van der Waals surface area contributed by atoms with E-state index in [0.717, 1.165) is 12.8 Å². The molecule has 7 heteroatoms.